The second-order valence-electron chi connectivity index (χ2n) is 4.40. The monoisotopic (exact) mass is 260 g/mol. The molecule has 0 unspecified atom stereocenters. The standard InChI is InChI=1S/C13H13ClN4/c14-10-4-2-1-3-9(10)11-7-12(15)18-13(17-11)16-8-5-6-8/h1-4,7-8H,5-6H2,(H3,15,16,17,18). The summed E-state index contributed by atoms with van der Waals surface area (Å²) in [4.78, 5) is 8.64. The summed E-state index contributed by atoms with van der Waals surface area (Å²) in [7, 11) is 0. The van der Waals surface area contributed by atoms with Crippen LogP contribution in [-0.2, 0) is 0 Å². The Hall–Kier alpha value is -1.81. The lowest BCUT2D eigenvalue weighted by atomic mass is 10.1. The molecule has 0 atom stereocenters. The number of rotatable bonds is 3. The fraction of sp³-hybridized carbons (Fsp3) is 0.231. The van der Waals surface area contributed by atoms with Crippen LogP contribution < -0.4 is 11.1 Å². The van der Waals surface area contributed by atoms with Crippen molar-refractivity contribution in [2.24, 2.45) is 0 Å². The normalized spacial score (nSPS) is 14.5. The SMILES string of the molecule is Nc1cc(-c2ccccc2Cl)nc(NC2CC2)n1. The van der Waals surface area contributed by atoms with Gasteiger partial charge in [-0.05, 0) is 18.9 Å². The van der Waals surface area contributed by atoms with Gasteiger partial charge >= 0.3 is 0 Å². The second-order valence-corrected chi connectivity index (χ2v) is 4.81. The van der Waals surface area contributed by atoms with E-state index in [1.54, 1.807) is 6.07 Å². The third-order valence-electron chi connectivity index (χ3n) is 2.81. The molecule has 1 aromatic carbocycles. The molecule has 1 aromatic heterocycles. The Labute approximate surface area is 110 Å². The van der Waals surface area contributed by atoms with Crippen molar-refractivity contribution in [3.63, 3.8) is 0 Å². The number of nitrogens with two attached hydrogens (primary N) is 1. The molecule has 0 aliphatic heterocycles. The molecule has 92 valence electrons. The summed E-state index contributed by atoms with van der Waals surface area (Å²) in [5, 5.41) is 3.90. The number of nitrogens with one attached hydrogen (secondary N) is 1. The fourth-order valence-corrected chi connectivity index (χ4v) is 1.98. The highest BCUT2D eigenvalue weighted by Gasteiger charge is 2.22. The summed E-state index contributed by atoms with van der Waals surface area (Å²) in [5.41, 5.74) is 7.42. The van der Waals surface area contributed by atoms with Gasteiger partial charge < -0.3 is 11.1 Å². The summed E-state index contributed by atoms with van der Waals surface area (Å²) < 4.78 is 0. The van der Waals surface area contributed by atoms with Gasteiger partial charge in [0.2, 0.25) is 5.95 Å². The molecular weight excluding hydrogens is 248 g/mol. The molecule has 4 nitrogen and oxygen atoms in total. The lowest BCUT2D eigenvalue weighted by Gasteiger charge is -2.08. The maximum Gasteiger partial charge on any atom is 0.225 e. The first kappa shape index (κ1) is 11.3. The van der Waals surface area contributed by atoms with E-state index in [-0.39, 0.29) is 0 Å². The number of nitrogen functional groups attached to an aromatic ring is 1. The smallest absolute Gasteiger partial charge is 0.225 e. The molecule has 0 spiro atoms. The van der Waals surface area contributed by atoms with Crippen molar-refractivity contribution >= 4 is 23.4 Å². The number of nitrogens with zero attached hydrogens (tertiary/aromatic N) is 2. The molecule has 0 amide bonds. The Bertz CT molecular complexity index is 581. The Morgan fingerprint density at radius 3 is 2.72 bits per heavy atom. The molecule has 18 heavy (non-hydrogen) atoms. The van der Waals surface area contributed by atoms with Crippen molar-refractivity contribution in [3.05, 3.63) is 35.4 Å². The van der Waals surface area contributed by atoms with E-state index in [1.165, 1.54) is 12.8 Å². The number of hydrogen-bond donors (Lipinski definition) is 2. The number of anilines is 2. The average Bonchev–Trinajstić information content (AvgIpc) is 3.12. The van der Waals surface area contributed by atoms with Gasteiger partial charge in [0, 0.05) is 22.7 Å². The predicted octanol–water partition coefficient (Wildman–Crippen LogP) is 2.95. The van der Waals surface area contributed by atoms with Crippen molar-refractivity contribution in [3.8, 4) is 11.3 Å². The van der Waals surface area contributed by atoms with Crippen LogP contribution in [0.5, 0.6) is 0 Å². The van der Waals surface area contributed by atoms with Gasteiger partial charge in [0.05, 0.1) is 5.69 Å². The van der Waals surface area contributed by atoms with Crippen molar-refractivity contribution in [2.75, 3.05) is 11.1 Å². The van der Waals surface area contributed by atoms with Gasteiger partial charge in [-0.3, -0.25) is 0 Å². The summed E-state index contributed by atoms with van der Waals surface area (Å²) in [6.07, 6.45) is 2.33. The van der Waals surface area contributed by atoms with Gasteiger partial charge in [0.15, 0.2) is 0 Å². The van der Waals surface area contributed by atoms with Crippen LogP contribution in [0.1, 0.15) is 12.8 Å². The summed E-state index contributed by atoms with van der Waals surface area (Å²) in [6.45, 7) is 0. The molecule has 3 rings (SSSR count). The zero-order valence-corrected chi connectivity index (χ0v) is 10.5. The molecule has 1 fully saturated rings. The zero-order valence-electron chi connectivity index (χ0n) is 9.73. The Balaban J connectivity index is 2.00. The molecular formula is C13H13ClN4. The summed E-state index contributed by atoms with van der Waals surface area (Å²) in [5.74, 6) is 1.02. The van der Waals surface area contributed by atoms with Gasteiger partial charge in [-0.1, -0.05) is 29.8 Å². The van der Waals surface area contributed by atoms with E-state index in [1.807, 2.05) is 24.3 Å². The van der Waals surface area contributed by atoms with Crippen LogP contribution in [0, 0.1) is 0 Å². The van der Waals surface area contributed by atoms with Crippen molar-refractivity contribution in [1.82, 2.24) is 9.97 Å². The summed E-state index contributed by atoms with van der Waals surface area (Å²) >= 11 is 6.16. The van der Waals surface area contributed by atoms with Gasteiger partial charge in [-0.15, -0.1) is 0 Å². The first-order valence-electron chi connectivity index (χ1n) is 5.88. The number of aromatic nitrogens is 2. The molecule has 1 saturated carbocycles. The van der Waals surface area contributed by atoms with E-state index in [9.17, 15) is 0 Å². The average molecular weight is 261 g/mol. The minimum Gasteiger partial charge on any atom is -0.384 e. The Morgan fingerprint density at radius 1 is 1.22 bits per heavy atom. The third-order valence-corrected chi connectivity index (χ3v) is 3.14. The molecule has 0 saturated heterocycles. The highest BCUT2D eigenvalue weighted by atomic mass is 35.5. The minimum atomic E-state index is 0.447. The van der Waals surface area contributed by atoms with Crippen LogP contribution in [0.2, 0.25) is 5.02 Å². The van der Waals surface area contributed by atoms with E-state index in [4.69, 9.17) is 17.3 Å². The fourth-order valence-electron chi connectivity index (χ4n) is 1.75. The van der Waals surface area contributed by atoms with Crippen LogP contribution in [0.15, 0.2) is 30.3 Å². The van der Waals surface area contributed by atoms with Gasteiger partial charge in [-0.25, -0.2) is 4.98 Å². The largest absolute Gasteiger partial charge is 0.384 e. The molecule has 0 bridgehead atoms. The first-order valence-corrected chi connectivity index (χ1v) is 6.26. The molecule has 1 aliphatic carbocycles. The molecule has 3 N–H and O–H groups in total. The van der Waals surface area contributed by atoms with Crippen molar-refractivity contribution in [1.29, 1.82) is 0 Å². The highest BCUT2D eigenvalue weighted by molar-refractivity contribution is 6.33. The topological polar surface area (TPSA) is 63.8 Å². The second kappa shape index (κ2) is 4.46. The predicted molar refractivity (Wildman–Crippen MR) is 73.5 cm³/mol. The number of benzene rings is 1. The van der Waals surface area contributed by atoms with Crippen LogP contribution in [0.4, 0.5) is 11.8 Å². The van der Waals surface area contributed by atoms with E-state index in [2.05, 4.69) is 15.3 Å². The molecule has 1 aliphatic rings. The quantitative estimate of drug-likeness (QED) is 0.891. The molecule has 2 aromatic rings. The van der Waals surface area contributed by atoms with Gasteiger partial charge in [0.25, 0.3) is 0 Å². The van der Waals surface area contributed by atoms with Crippen LogP contribution >= 0.6 is 11.6 Å². The van der Waals surface area contributed by atoms with Crippen molar-refractivity contribution in [2.45, 2.75) is 18.9 Å². The first-order chi connectivity index (χ1) is 8.72. The molecule has 1 heterocycles. The lowest BCUT2D eigenvalue weighted by molar-refractivity contribution is 1.06. The maximum atomic E-state index is 6.16. The number of hydrogen-bond acceptors (Lipinski definition) is 4. The third kappa shape index (κ3) is 2.38. The molecule has 5 heteroatoms. The summed E-state index contributed by atoms with van der Waals surface area (Å²) in [6, 6.07) is 9.80. The van der Waals surface area contributed by atoms with Gasteiger partial charge in [-0.2, -0.15) is 4.98 Å². The van der Waals surface area contributed by atoms with Crippen LogP contribution in [-0.4, -0.2) is 16.0 Å². The van der Waals surface area contributed by atoms with E-state index in [0.717, 1.165) is 11.3 Å². The van der Waals surface area contributed by atoms with E-state index in [0.29, 0.717) is 22.8 Å². The minimum absolute atomic E-state index is 0.447. The van der Waals surface area contributed by atoms with Crippen LogP contribution in [0.3, 0.4) is 0 Å². The van der Waals surface area contributed by atoms with Crippen molar-refractivity contribution < 1.29 is 0 Å². The van der Waals surface area contributed by atoms with Gasteiger partial charge in [0.1, 0.15) is 5.82 Å². The van der Waals surface area contributed by atoms with E-state index >= 15 is 0 Å². The number of halogens is 1. The Kier molecular flexibility index (Phi) is 2.80. The van der Waals surface area contributed by atoms with E-state index < -0.39 is 0 Å². The Morgan fingerprint density at radius 2 is 2.00 bits per heavy atom. The highest BCUT2D eigenvalue weighted by Crippen LogP contribution is 2.29. The zero-order chi connectivity index (χ0) is 12.5. The molecule has 0 radical (unpaired) electrons. The lowest BCUT2D eigenvalue weighted by Crippen LogP contribution is -2.07. The maximum absolute atomic E-state index is 6.16. The van der Waals surface area contributed by atoms with Crippen LogP contribution in [0.25, 0.3) is 11.3 Å².